The number of rotatable bonds is 2. The summed E-state index contributed by atoms with van der Waals surface area (Å²) in [4.78, 5) is 24.3. The molecule has 0 saturated carbocycles. The van der Waals surface area contributed by atoms with Crippen LogP contribution in [-0.4, -0.2) is 20.6 Å². The van der Waals surface area contributed by atoms with Crippen molar-refractivity contribution in [1.29, 1.82) is 0 Å². The maximum Gasteiger partial charge on any atom is 0.354 e. The van der Waals surface area contributed by atoms with E-state index in [1.807, 2.05) is 0 Å². The van der Waals surface area contributed by atoms with E-state index in [1.54, 1.807) is 0 Å². The third kappa shape index (κ3) is 1.82. The van der Waals surface area contributed by atoms with Crippen LogP contribution in [0.5, 0.6) is 0 Å². The molecule has 7 heteroatoms. The molecule has 0 bridgehead atoms. The Kier molecular flexibility index (Phi) is 2.51. The number of hydrogen-bond acceptors (Lipinski definition) is 2. The summed E-state index contributed by atoms with van der Waals surface area (Å²) in [5.41, 5.74) is -1.57. The number of halogens is 2. The minimum Gasteiger partial charge on any atom is -0.477 e. The monoisotopic (exact) mass is 240 g/mol. The number of carboxylic acid groups (broad SMARTS) is 1. The number of nitrogens with zero attached hydrogens (tertiary/aromatic N) is 1. The van der Waals surface area contributed by atoms with Crippen LogP contribution >= 0.6 is 0 Å². The SMILES string of the molecule is O=C(O)c1c[nH]c(=O)n1-c1ccc(F)cc1F. The summed E-state index contributed by atoms with van der Waals surface area (Å²) in [6.45, 7) is 0. The van der Waals surface area contributed by atoms with Crippen molar-refractivity contribution in [3.8, 4) is 5.69 Å². The molecule has 2 aromatic rings. The highest BCUT2D eigenvalue weighted by atomic mass is 19.1. The highest BCUT2D eigenvalue weighted by Gasteiger charge is 2.17. The number of aromatic carboxylic acids is 1. The molecule has 1 aromatic carbocycles. The standard InChI is InChI=1S/C10H6F2N2O3/c11-5-1-2-7(6(12)3-5)14-8(9(15)16)4-13-10(14)17/h1-4H,(H,13,17)(H,15,16). The third-order valence-corrected chi connectivity index (χ3v) is 2.15. The van der Waals surface area contributed by atoms with Gasteiger partial charge in [0.25, 0.3) is 0 Å². The van der Waals surface area contributed by atoms with Gasteiger partial charge in [-0.15, -0.1) is 0 Å². The van der Waals surface area contributed by atoms with Crippen molar-refractivity contribution in [2.24, 2.45) is 0 Å². The Morgan fingerprint density at radius 1 is 1.35 bits per heavy atom. The van der Waals surface area contributed by atoms with Crippen LogP contribution in [0, 0.1) is 11.6 Å². The second-order valence-electron chi connectivity index (χ2n) is 3.22. The molecule has 0 amide bonds. The maximum atomic E-state index is 13.4. The number of carboxylic acids is 1. The zero-order valence-electron chi connectivity index (χ0n) is 8.28. The maximum absolute atomic E-state index is 13.4. The molecule has 0 unspecified atom stereocenters. The lowest BCUT2D eigenvalue weighted by Crippen LogP contribution is -2.20. The van der Waals surface area contributed by atoms with E-state index < -0.39 is 29.0 Å². The average molecular weight is 240 g/mol. The van der Waals surface area contributed by atoms with Gasteiger partial charge in [0.05, 0.1) is 5.69 Å². The first-order valence-corrected chi connectivity index (χ1v) is 4.50. The molecule has 0 fully saturated rings. The Balaban J connectivity index is 2.72. The Labute approximate surface area is 92.9 Å². The minimum atomic E-state index is -1.40. The Morgan fingerprint density at radius 2 is 2.06 bits per heavy atom. The molecule has 0 radical (unpaired) electrons. The zero-order valence-corrected chi connectivity index (χ0v) is 8.28. The Morgan fingerprint density at radius 3 is 2.65 bits per heavy atom. The molecule has 0 atom stereocenters. The second-order valence-corrected chi connectivity index (χ2v) is 3.22. The highest BCUT2D eigenvalue weighted by Crippen LogP contribution is 2.14. The van der Waals surface area contributed by atoms with Gasteiger partial charge >= 0.3 is 11.7 Å². The molecular formula is C10H6F2N2O3. The van der Waals surface area contributed by atoms with Crippen molar-refractivity contribution in [2.45, 2.75) is 0 Å². The Bertz CT molecular complexity index is 645. The van der Waals surface area contributed by atoms with Gasteiger partial charge in [-0.25, -0.2) is 18.4 Å². The van der Waals surface area contributed by atoms with Crippen molar-refractivity contribution in [1.82, 2.24) is 9.55 Å². The first-order chi connectivity index (χ1) is 8.00. The third-order valence-electron chi connectivity index (χ3n) is 2.15. The number of aromatic nitrogens is 2. The molecule has 0 aliphatic heterocycles. The van der Waals surface area contributed by atoms with Gasteiger partial charge in [-0.1, -0.05) is 0 Å². The van der Waals surface area contributed by atoms with Crippen molar-refractivity contribution in [3.63, 3.8) is 0 Å². The van der Waals surface area contributed by atoms with Gasteiger partial charge in [0.1, 0.15) is 11.6 Å². The summed E-state index contributed by atoms with van der Waals surface area (Å²) >= 11 is 0. The van der Waals surface area contributed by atoms with E-state index in [9.17, 15) is 18.4 Å². The highest BCUT2D eigenvalue weighted by molar-refractivity contribution is 5.86. The summed E-state index contributed by atoms with van der Waals surface area (Å²) in [7, 11) is 0. The number of H-pyrrole nitrogens is 1. The van der Waals surface area contributed by atoms with Crippen LogP contribution in [0.15, 0.2) is 29.2 Å². The van der Waals surface area contributed by atoms with E-state index in [2.05, 4.69) is 4.98 Å². The van der Waals surface area contributed by atoms with Crippen LogP contribution in [0.3, 0.4) is 0 Å². The van der Waals surface area contributed by atoms with Crippen molar-refractivity contribution < 1.29 is 18.7 Å². The van der Waals surface area contributed by atoms with Crippen molar-refractivity contribution in [3.05, 3.63) is 52.2 Å². The molecule has 0 saturated heterocycles. The van der Waals surface area contributed by atoms with Crippen LogP contribution in [0.1, 0.15) is 10.5 Å². The lowest BCUT2D eigenvalue weighted by atomic mass is 10.3. The first kappa shape index (κ1) is 11.1. The van der Waals surface area contributed by atoms with E-state index in [0.717, 1.165) is 18.3 Å². The second kappa shape index (κ2) is 3.85. The van der Waals surface area contributed by atoms with Gasteiger partial charge < -0.3 is 10.1 Å². The molecule has 5 nitrogen and oxygen atoms in total. The van der Waals surface area contributed by atoms with Crippen LogP contribution in [0.25, 0.3) is 5.69 Å². The molecule has 2 rings (SSSR count). The quantitative estimate of drug-likeness (QED) is 0.826. The molecule has 1 heterocycles. The molecule has 17 heavy (non-hydrogen) atoms. The number of benzene rings is 1. The predicted octanol–water partition coefficient (Wildman–Crippen LogP) is 1.14. The normalized spacial score (nSPS) is 10.5. The van der Waals surface area contributed by atoms with Crippen LogP contribution in [-0.2, 0) is 0 Å². The van der Waals surface area contributed by atoms with Gasteiger partial charge in [0, 0.05) is 12.3 Å². The topological polar surface area (TPSA) is 75.1 Å². The van der Waals surface area contributed by atoms with Crippen molar-refractivity contribution in [2.75, 3.05) is 0 Å². The van der Waals surface area contributed by atoms with E-state index in [0.29, 0.717) is 10.6 Å². The van der Waals surface area contributed by atoms with E-state index in [4.69, 9.17) is 5.11 Å². The van der Waals surface area contributed by atoms with E-state index in [1.165, 1.54) is 0 Å². The summed E-state index contributed by atoms with van der Waals surface area (Å²) in [6, 6.07) is 2.50. The summed E-state index contributed by atoms with van der Waals surface area (Å²) in [5, 5.41) is 8.81. The summed E-state index contributed by atoms with van der Waals surface area (Å²) in [5.74, 6) is -3.23. The minimum absolute atomic E-state index is 0.324. The molecule has 0 aliphatic rings. The van der Waals surface area contributed by atoms with Crippen LogP contribution < -0.4 is 5.69 Å². The molecule has 0 aliphatic carbocycles. The molecule has 2 N–H and O–H groups in total. The van der Waals surface area contributed by atoms with Gasteiger partial charge in [-0.05, 0) is 12.1 Å². The Hall–Kier alpha value is -2.44. The van der Waals surface area contributed by atoms with Gasteiger partial charge in [0.2, 0.25) is 0 Å². The fraction of sp³-hybridized carbons (Fsp3) is 0. The van der Waals surface area contributed by atoms with E-state index >= 15 is 0 Å². The first-order valence-electron chi connectivity index (χ1n) is 4.50. The fourth-order valence-corrected chi connectivity index (χ4v) is 1.43. The number of carbonyl (C=O) groups is 1. The number of nitrogens with one attached hydrogen (secondary N) is 1. The number of aromatic amines is 1. The smallest absolute Gasteiger partial charge is 0.354 e. The summed E-state index contributed by atoms with van der Waals surface area (Å²) < 4.78 is 26.8. The lowest BCUT2D eigenvalue weighted by Gasteiger charge is -2.05. The van der Waals surface area contributed by atoms with Crippen molar-refractivity contribution >= 4 is 5.97 Å². The largest absolute Gasteiger partial charge is 0.477 e. The molecule has 88 valence electrons. The summed E-state index contributed by atoms with van der Waals surface area (Å²) in [6.07, 6.45) is 0.938. The lowest BCUT2D eigenvalue weighted by molar-refractivity contribution is 0.0688. The van der Waals surface area contributed by atoms with Gasteiger partial charge in [-0.3, -0.25) is 4.57 Å². The average Bonchev–Trinajstić information content (AvgIpc) is 2.60. The van der Waals surface area contributed by atoms with Crippen LogP contribution in [0.2, 0.25) is 0 Å². The number of imidazole rings is 1. The van der Waals surface area contributed by atoms with Crippen LogP contribution in [0.4, 0.5) is 8.78 Å². The predicted molar refractivity (Wildman–Crippen MR) is 53.3 cm³/mol. The number of hydrogen-bond donors (Lipinski definition) is 2. The zero-order chi connectivity index (χ0) is 12.6. The molecule has 0 spiro atoms. The van der Waals surface area contributed by atoms with E-state index in [-0.39, 0.29) is 5.69 Å². The molecule has 1 aromatic heterocycles. The van der Waals surface area contributed by atoms with Gasteiger partial charge in [-0.2, -0.15) is 0 Å². The fourth-order valence-electron chi connectivity index (χ4n) is 1.43. The van der Waals surface area contributed by atoms with Gasteiger partial charge in [0.15, 0.2) is 5.69 Å². The molecular weight excluding hydrogens is 234 g/mol.